The average molecular weight is 300 g/mol. The highest BCUT2D eigenvalue weighted by molar-refractivity contribution is 5.93. The van der Waals surface area contributed by atoms with Crippen molar-refractivity contribution in [3.05, 3.63) is 52.1 Å². The van der Waals surface area contributed by atoms with Crippen LogP contribution in [0.4, 0.5) is 0 Å². The van der Waals surface area contributed by atoms with Crippen LogP contribution in [0.25, 0.3) is 11.2 Å². The van der Waals surface area contributed by atoms with E-state index in [0.717, 1.165) is 0 Å². The van der Waals surface area contributed by atoms with Gasteiger partial charge in [-0.3, -0.25) is 9.78 Å². The third-order valence-electron chi connectivity index (χ3n) is 3.12. The fourth-order valence-electron chi connectivity index (χ4n) is 2.01. The summed E-state index contributed by atoms with van der Waals surface area (Å²) >= 11 is 0. The molecule has 8 heteroatoms. The third kappa shape index (κ3) is 2.62. The Kier molecular flexibility index (Phi) is 3.26. The zero-order valence-electron chi connectivity index (χ0n) is 11.3. The molecule has 112 valence electrons. The van der Waals surface area contributed by atoms with E-state index in [1.807, 2.05) is 0 Å². The minimum absolute atomic E-state index is 0.0592. The van der Waals surface area contributed by atoms with Gasteiger partial charge in [-0.05, 0) is 24.3 Å². The Morgan fingerprint density at radius 2 is 2.00 bits per heavy atom. The number of H-pyrrole nitrogens is 2. The highest BCUT2D eigenvalue weighted by atomic mass is 16.3. The minimum atomic E-state index is -0.448. The quantitative estimate of drug-likeness (QED) is 0.483. The molecule has 3 rings (SSSR count). The Bertz CT molecular complexity index is 913. The molecule has 0 fully saturated rings. The molecular weight excluding hydrogens is 288 g/mol. The van der Waals surface area contributed by atoms with Gasteiger partial charge >= 0.3 is 5.69 Å². The number of imidazole rings is 1. The van der Waals surface area contributed by atoms with Crippen LogP contribution in [-0.2, 0) is 6.54 Å². The van der Waals surface area contributed by atoms with Crippen LogP contribution >= 0.6 is 0 Å². The van der Waals surface area contributed by atoms with E-state index < -0.39 is 11.6 Å². The molecule has 22 heavy (non-hydrogen) atoms. The van der Waals surface area contributed by atoms with Crippen molar-refractivity contribution in [2.45, 2.75) is 6.54 Å². The zero-order valence-corrected chi connectivity index (χ0v) is 11.3. The van der Waals surface area contributed by atoms with E-state index in [2.05, 4.69) is 20.3 Å². The van der Waals surface area contributed by atoms with Crippen molar-refractivity contribution in [2.75, 3.05) is 0 Å². The zero-order chi connectivity index (χ0) is 15.7. The maximum Gasteiger partial charge on any atom is 0.325 e. The predicted octanol–water partition coefficient (Wildman–Crippen LogP) is 0.592. The van der Waals surface area contributed by atoms with Crippen LogP contribution in [0.2, 0.25) is 0 Å². The molecule has 2 aromatic heterocycles. The number of hydrogen-bond acceptors (Lipinski definition) is 5. The summed E-state index contributed by atoms with van der Waals surface area (Å²) in [6, 6.07) is 7.17. The predicted molar refractivity (Wildman–Crippen MR) is 77.7 cm³/mol. The van der Waals surface area contributed by atoms with Gasteiger partial charge in [0, 0.05) is 18.2 Å². The molecule has 3 aromatic rings. The number of phenols is 2. The van der Waals surface area contributed by atoms with Crippen molar-refractivity contribution in [1.82, 2.24) is 20.3 Å². The van der Waals surface area contributed by atoms with Crippen molar-refractivity contribution < 1.29 is 15.0 Å². The normalized spacial score (nSPS) is 10.7. The van der Waals surface area contributed by atoms with Gasteiger partial charge in [0.25, 0.3) is 5.91 Å². The Balaban J connectivity index is 1.76. The molecule has 0 aliphatic carbocycles. The van der Waals surface area contributed by atoms with Gasteiger partial charge in [0.1, 0.15) is 17.2 Å². The topological polar surface area (TPSA) is 131 Å². The van der Waals surface area contributed by atoms with Gasteiger partial charge in [-0.25, -0.2) is 9.78 Å². The molecule has 0 spiro atoms. The van der Waals surface area contributed by atoms with Crippen LogP contribution in [0.1, 0.15) is 16.1 Å². The lowest BCUT2D eigenvalue weighted by molar-refractivity contribution is 0.0946. The number of aromatic nitrogens is 3. The summed E-state index contributed by atoms with van der Waals surface area (Å²) in [6.45, 7) is 0.0777. The summed E-state index contributed by atoms with van der Waals surface area (Å²) in [5, 5.41) is 21.5. The molecule has 0 bridgehead atoms. The molecule has 0 atom stereocenters. The largest absolute Gasteiger partial charge is 0.508 e. The Hall–Kier alpha value is -3.29. The summed E-state index contributed by atoms with van der Waals surface area (Å²) in [5.74, 6) is -0.619. The van der Waals surface area contributed by atoms with Crippen molar-refractivity contribution in [1.29, 1.82) is 0 Å². The molecular formula is C14H12N4O4. The molecule has 0 radical (unpaired) electrons. The first kappa shape index (κ1) is 13.7. The van der Waals surface area contributed by atoms with E-state index in [4.69, 9.17) is 0 Å². The maximum absolute atomic E-state index is 12.0. The molecule has 8 nitrogen and oxygen atoms in total. The van der Waals surface area contributed by atoms with Crippen LogP contribution in [0.5, 0.6) is 11.5 Å². The van der Waals surface area contributed by atoms with Crippen molar-refractivity contribution >= 4 is 17.1 Å². The molecule has 5 N–H and O–H groups in total. The Labute approximate surface area is 123 Å². The number of phenolic OH excluding ortho intramolecular Hbond substituents is 2. The highest BCUT2D eigenvalue weighted by Gasteiger charge is 2.10. The first-order valence-electron chi connectivity index (χ1n) is 6.41. The van der Waals surface area contributed by atoms with E-state index in [9.17, 15) is 19.8 Å². The maximum atomic E-state index is 12.0. The van der Waals surface area contributed by atoms with Crippen LogP contribution in [0.3, 0.4) is 0 Å². The smallest absolute Gasteiger partial charge is 0.325 e. The second kappa shape index (κ2) is 5.24. The van der Waals surface area contributed by atoms with Crippen molar-refractivity contribution in [3.8, 4) is 11.5 Å². The number of aromatic hydroxyl groups is 2. The Morgan fingerprint density at radius 3 is 2.77 bits per heavy atom. The van der Waals surface area contributed by atoms with Gasteiger partial charge in [0.05, 0.1) is 5.52 Å². The summed E-state index contributed by atoms with van der Waals surface area (Å²) in [5.41, 5.74) is 1.01. The number of rotatable bonds is 3. The lowest BCUT2D eigenvalue weighted by atomic mass is 10.2. The van der Waals surface area contributed by atoms with Gasteiger partial charge in [-0.1, -0.05) is 0 Å². The van der Waals surface area contributed by atoms with E-state index in [-0.39, 0.29) is 23.7 Å². The molecule has 0 saturated carbocycles. The highest BCUT2D eigenvalue weighted by Crippen LogP contribution is 2.22. The van der Waals surface area contributed by atoms with Crippen LogP contribution < -0.4 is 11.0 Å². The van der Waals surface area contributed by atoms with Crippen molar-refractivity contribution in [3.63, 3.8) is 0 Å². The van der Waals surface area contributed by atoms with Gasteiger partial charge in [-0.15, -0.1) is 0 Å². The van der Waals surface area contributed by atoms with Crippen LogP contribution in [-0.4, -0.2) is 31.1 Å². The van der Waals surface area contributed by atoms with Crippen LogP contribution in [0, 0.1) is 0 Å². The molecule has 0 aliphatic heterocycles. The molecule has 1 amide bonds. The summed E-state index contributed by atoms with van der Waals surface area (Å²) < 4.78 is 0. The van der Waals surface area contributed by atoms with E-state index in [1.165, 1.54) is 24.3 Å². The standard InChI is InChI=1S/C14H12N4O4/c19-8-2-1-7(11(20)5-8)6-15-13(21)10-4-3-9-12(16-10)18-14(22)17-9/h1-5,19-20H,6H2,(H,15,21)(H2,16,17,18,22). The Morgan fingerprint density at radius 1 is 1.18 bits per heavy atom. The fraction of sp³-hybridized carbons (Fsp3) is 0.0714. The monoisotopic (exact) mass is 300 g/mol. The summed E-state index contributed by atoms with van der Waals surface area (Å²) in [4.78, 5) is 32.2. The number of fused-ring (bicyclic) bond motifs is 1. The number of carbonyl (C=O) groups excluding carboxylic acids is 1. The van der Waals surface area contributed by atoms with Gasteiger partial charge in [0.15, 0.2) is 5.65 Å². The third-order valence-corrected chi connectivity index (χ3v) is 3.12. The van der Waals surface area contributed by atoms with Gasteiger partial charge in [-0.2, -0.15) is 0 Å². The van der Waals surface area contributed by atoms with E-state index >= 15 is 0 Å². The summed E-state index contributed by atoms with van der Waals surface area (Å²) in [7, 11) is 0. The number of amides is 1. The minimum Gasteiger partial charge on any atom is -0.508 e. The number of pyridine rings is 1. The lowest BCUT2D eigenvalue weighted by Gasteiger charge is -2.07. The van der Waals surface area contributed by atoms with Gasteiger partial charge < -0.3 is 20.5 Å². The molecule has 0 unspecified atom stereocenters. The molecule has 0 aliphatic rings. The number of hydrogen-bond donors (Lipinski definition) is 5. The fourth-order valence-corrected chi connectivity index (χ4v) is 2.01. The second-order valence-electron chi connectivity index (χ2n) is 4.67. The van der Waals surface area contributed by atoms with E-state index in [1.54, 1.807) is 6.07 Å². The lowest BCUT2D eigenvalue weighted by Crippen LogP contribution is -2.23. The number of nitrogens with zero attached hydrogens (tertiary/aromatic N) is 1. The summed E-state index contributed by atoms with van der Waals surface area (Å²) in [6.07, 6.45) is 0. The average Bonchev–Trinajstić information content (AvgIpc) is 2.85. The second-order valence-corrected chi connectivity index (χ2v) is 4.67. The molecule has 1 aromatic carbocycles. The van der Waals surface area contributed by atoms with E-state index in [0.29, 0.717) is 16.7 Å². The number of aromatic amines is 2. The SMILES string of the molecule is O=C(NCc1ccc(O)cc1O)c1ccc2[nH]c(=O)[nH]c2n1. The number of carbonyl (C=O) groups is 1. The number of nitrogens with one attached hydrogen (secondary N) is 3. The first-order valence-corrected chi connectivity index (χ1v) is 6.41. The first-order chi connectivity index (χ1) is 10.5. The number of benzene rings is 1. The van der Waals surface area contributed by atoms with Crippen molar-refractivity contribution in [2.24, 2.45) is 0 Å². The molecule has 0 saturated heterocycles. The molecule has 2 heterocycles. The van der Waals surface area contributed by atoms with Gasteiger partial charge in [0.2, 0.25) is 0 Å². The van der Waals surface area contributed by atoms with Crippen LogP contribution in [0.15, 0.2) is 35.1 Å².